The lowest BCUT2D eigenvalue weighted by atomic mass is 9.91. The SMILES string of the molecule is CCCCCCCCCC(=O)O.CCCCCCCCCC(=O)O.CCCCCCCCCC(=O)O.CCCCCCCCCC(=O)O.Cc1nc2n(c(=O)c1CCN1CCC(c3noc4cc(F)ccc34)CC1)CCC[C@H]2O. The Morgan fingerprint density at radius 1 is 0.582 bits per heavy atom. The number of aromatic nitrogens is 3. The van der Waals surface area contributed by atoms with E-state index in [1.165, 1.54) is 141 Å². The van der Waals surface area contributed by atoms with Crippen LogP contribution in [0, 0.1) is 12.7 Å². The fourth-order valence-corrected chi connectivity index (χ4v) is 9.91. The van der Waals surface area contributed by atoms with E-state index in [-0.39, 0.29) is 11.4 Å². The molecule has 4 heterocycles. The van der Waals surface area contributed by atoms with Crippen molar-refractivity contribution < 1.29 is 53.6 Å². The highest BCUT2D eigenvalue weighted by Crippen LogP contribution is 2.33. The van der Waals surface area contributed by atoms with E-state index >= 15 is 0 Å². The Morgan fingerprint density at radius 2 is 0.975 bits per heavy atom. The number of aliphatic hydroxyl groups excluding tert-OH is 1. The van der Waals surface area contributed by atoms with Crippen molar-refractivity contribution in [3.8, 4) is 0 Å². The smallest absolute Gasteiger partial charge is 0.303 e. The van der Waals surface area contributed by atoms with Gasteiger partial charge in [-0.25, -0.2) is 9.37 Å². The summed E-state index contributed by atoms with van der Waals surface area (Å²) in [6.45, 7) is 13.9. The summed E-state index contributed by atoms with van der Waals surface area (Å²) in [5.74, 6) is -2.16. The number of aliphatic carboxylic acids is 4. The largest absolute Gasteiger partial charge is 0.481 e. The van der Waals surface area contributed by atoms with Gasteiger partial charge in [0.2, 0.25) is 0 Å². The highest BCUT2D eigenvalue weighted by atomic mass is 19.1. The molecule has 15 nitrogen and oxygen atoms in total. The van der Waals surface area contributed by atoms with Crippen LogP contribution in [0.25, 0.3) is 11.0 Å². The fraction of sp³-hybridized carbons (Fsp3) is 0.762. The lowest BCUT2D eigenvalue weighted by Crippen LogP contribution is -2.37. The van der Waals surface area contributed by atoms with Crippen molar-refractivity contribution in [3.63, 3.8) is 0 Å². The number of aliphatic hydroxyl groups is 1. The van der Waals surface area contributed by atoms with Crippen LogP contribution in [0.4, 0.5) is 4.39 Å². The number of carboxylic acids is 4. The van der Waals surface area contributed by atoms with Crippen molar-refractivity contribution in [1.82, 2.24) is 19.6 Å². The molecule has 5 N–H and O–H groups in total. The first-order chi connectivity index (χ1) is 38.1. The van der Waals surface area contributed by atoms with E-state index in [0.717, 1.165) is 113 Å². The Labute approximate surface area is 473 Å². The van der Waals surface area contributed by atoms with Gasteiger partial charge >= 0.3 is 23.9 Å². The maximum Gasteiger partial charge on any atom is 0.303 e. The van der Waals surface area contributed by atoms with E-state index in [9.17, 15) is 33.5 Å². The number of carbonyl (C=O) groups is 4. The van der Waals surface area contributed by atoms with Crippen LogP contribution < -0.4 is 5.56 Å². The fourth-order valence-electron chi connectivity index (χ4n) is 9.91. The molecular formula is C63H107FN4O11. The summed E-state index contributed by atoms with van der Waals surface area (Å²) in [4.78, 5) is 60.4. The molecule has 1 fully saturated rings. The minimum Gasteiger partial charge on any atom is -0.481 e. The molecule has 0 radical (unpaired) electrons. The Balaban J connectivity index is 0.000000547. The van der Waals surface area contributed by atoms with Crippen LogP contribution in [0.2, 0.25) is 0 Å². The zero-order valence-corrected chi connectivity index (χ0v) is 49.7. The van der Waals surface area contributed by atoms with Gasteiger partial charge in [0.1, 0.15) is 17.7 Å². The predicted octanol–water partition coefficient (Wildman–Crippen LogP) is 15.9. The number of fused-ring (bicyclic) bond motifs is 2. The number of carboxylic acid groups (broad SMARTS) is 4. The highest BCUT2D eigenvalue weighted by molar-refractivity contribution is 5.80. The Hall–Kier alpha value is -4.70. The molecule has 0 bridgehead atoms. The lowest BCUT2D eigenvalue weighted by Gasteiger charge is -2.31. The minimum atomic E-state index is -0.663. The van der Waals surface area contributed by atoms with Crippen LogP contribution in [0.5, 0.6) is 0 Å². The third kappa shape index (κ3) is 35.6. The predicted molar refractivity (Wildman–Crippen MR) is 314 cm³/mol. The first-order valence-corrected chi connectivity index (χ1v) is 31.0. The summed E-state index contributed by atoms with van der Waals surface area (Å²) in [7, 11) is 0. The summed E-state index contributed by atoms with van der Waals surface area (Å²) < 4.78 is 20.4. The van der Waals surface area contributed by atoms with Gasteiger partial charge in [0.15, 0.2) is 5.58 Å². The summed E-state index contributed by atoms with van der Waals surface area (Å²) in [6.07, 6.45) is 37.9. The summed E-state index contributed by atoms with van der Waals surface area (Å²) >= 11 is 0. The number of halogens is 1. The molecule has 16 heteroatoms. The average molecular weight is 1120 g/mol. The Kier molecular flexibility index (Phi) is 43.0. The molecule has 452 valence electrons. The third-order valence-corrected chi connectivity index (χ3v) is 14.7. The molecule has 2 aliphatic rings. The second kappa shape index (κ2) is 47.0. The van der Waals surface area contributed by atoms with Gasteiger partial charge in [-0.3, -0.25) is 28.5 Å². The molecule has 3 aromatic rings. The van der Waals surface area contributed by atoms with Gasteiger partial charge in [-0.2, -0.15) is 0 Å². The maximum absolute atomic E-state index is 13.4. The number of nitrogens with zero attached hydrogens (tertiary/aromatic N) is 4. The zero-order chi connectivity index (χ0) is 58.5. The molecule has 0 unspecified atom stereocenters. The van der Waals surface area contributed by atoms with E-state index < -0.39 is 30.0 Å². The van der Waals surface area contributed by atoms with E-state index in [4.69, 9.17) is 24.9 Å². The van der Waals surface area contributed by atoms with Gasteiger partial charge in [-0.05, 0) is 89.9 Å². The van der Waals surface area contributed by atoms with E-state index in [0.29, 0.717) is 62.4 Å². The molecule has 0 amide bonds. The molecular weight excluding hydrogens is 1010 g/mol. The molecule has 2 aliphatic heterocycles. The van der Waals surface area contributed by atoms with Gasteiger partial charge in [0.25, 0.3) is 5.56 Å². The molecule has 0 spiro atoms. The van der Waals surface area contributed by atoms with Crippen LogP contribution in [-0.4, -0.2) is 88.7 Å². The average Bonchev–Trinajstić information content (AvgIpc) is 3.92. The number of aryl methyl sites for hydroxylation is 1. The Bertz CT molecular complexity index is 2010. The lowest BCUT2D eigenvalue weighted by molar-refractivity contribution is -0.138. The molecule has 1 saturated heterocycles. The third-order valence-electron chi connectivity index (χ3n) is 14.7. The number of unbranched alkanes of at least 4 members (excludes halogenated alkanes) is 24. The number of piperidine rings is 1. The van der Waals surface area contributed by atoms with Crippen molar-refractivity contribution >= 4 is 34.8 Å². The quantitative estimate of drug-likeness (QED) is 0.0341. The molecule has 1 aromatic carbocycles. The second-order valence-electron chi connectivity index (χ2n) is 21.8. The molecule has 0 saturated carbocycles. The van der Waals surface area contributed by atoms with Crippen LogP contribution in [0.1, 0.15) is 294 Å². The number of hydrogen-bond donors (Lipinski definition) is 5. The minimum absolute atomic E-state index is 0.00237. The Morgan fingerprint density at radius 3 is 1.37 bits per heavy atom. The highest BCUT2D eigenvalue weighted by Gasteiger charge is 2.27. The van der Waals surface area contributed by atoms with Crippen LogP contribution in [0.3, 0.4) is 0 Å². The standard InChI is InChI=1S/C23H27FN4O3.4C10H20O2/c1-14-17(23(30)28-9-2-3-19(29)22(28)25-14)8-12-27-10-6-15(7-11-27)21-18-5-4-16(24)13-20(18)31-26-21;4*1-2-3-4-5-6-7-8-9-10(11)12/h4-5,13,15,19,29H,2-3,6-12H2,1H3;4*2-9H2,1H3,(H,11,12)/t19-;;;;/m1..../s1. The molecule has 5 rings (SSSR count). The van der Waals surface area contributed by atoms with Crippen molar-refractivity contribution in [2.24, 2.45) is 0 Å². The number of benzene rings is 1. The topological polar surface area (TPSA) is 234 Å². The number of hydrogen-bond acceptors (Lipinski definition) is 10. The monoisotopic (exact) mass is 1110 g/mol. The van der Waals surface area contributed by atoms with Crippen LogP contribution >= 0.6 is 0 Å². The van der Waals surface area contributed by atoms with Crippen molar-refractivity contribution in [2.75, 3.05) is 19.6 Å². The molecule has 1 atom stereocenters. The van der Waals surface area contributed by atoms with Crippen molar-refractivity contribution in [2.45, 2.75) is 291 Å². The van der Waals surface area contributed by atoms with Gasteiger partial charge in [0.05, 0.1) is 5.69 Å². The summed E-state index contributed by atoms with van der Waals surface area (Å²) in [5, 5.41) is 48.7. The molecule has 0 aliphatic carbocycles. The number of likely N-dealkylation sites (tertiary alicyclic amines) is 1. The summed E-state index contributed by atoms with van der Waals surface area (Å²) in [5.41, 5.74) is 2.90. The van der Waals surface area contributed by atoms with E-state index in [2.05, 4.69) is 42.7 Å². The van der Waals surface area contributed by atoms with E-state index in [1.807, 2.05) is 6.92 Å². The first-order valence-electron chi connectivity index (χ1n) is 31.0. The molecule has 2 aromatic heterocycles. The van der Waals surface area contributed by atoms with Crippen LogP contribution in [0.15, 0.2) is 27.5 Å². The first kappa shape index (κ1) is 72.3. The summed E-state index contributed by atoms with van der Waals surface area (Å²) in [6, 6.07) is 4.58. The van der Waals surface area contributed by atoms with Crippen molar-refractivity contribution in [3.05, 3.63) is 57.1 Å². The van der Waals surface area contributed by atoms with Gasteiger partial charge in [-0.1, -0.05) is 187 Å². The maximum atomic E-state index is 13.4. The zero-order valence-electron chi connectivity index (χ0n) is 49.7. The van der Waals surface area contributed by atoms with Gasteiger partial charge < -0.3 is 35.0 Å². The normalized spacial score (nSPS) is 14.1. The van der Waals surface area contributed by atoms with E-state index in [1.54, 1.807) is 10.6 Å². The van der Waals surface area contributed by atoms with Crippen LogP contribution in [-0.2, 0) is 32.1 Å². The van der Waals surface area contributed by atoms with Crippen molar-refractivity contribution in [1.29, 1.82) is 0 Å². The number of rotatable bonds is 36. The van der Waals surface area contributed by atoms with Gasteiger partial charge in [0, 0.05) is 67.4 Å². The van der Waals surface area contributed by atoms with Gasteiger partial charge in [-0.15, -0.1) is 0 Å². The molecule has 79 heavy (non-hydrogen) atoms. The second-order valence-corrected chi connectivity index (χ2v) is 21.8.